The van der Waals surface area contributed by atoms with Crippen molar-refractivity contribution in [1.29, 1.82) is 0 Å². The second-order valence-corrected chi connectivity index (χ2v) is 12.4. The predicted octanol–water partition coefficient (Wildman–Crippen LogP) is 11.6. The molecule has 0 atom stereocenters. The summed E-state index contributed by atoms with van der Waals surface area (Å²) >= 11 is 0. The van der Waals surface area contributed by atoms with Gasteiger partial charge in [0, 0.05) is 0 Å². The third kappa shape index (κ3) is 13.0. The average Bonchev–Trinajstić information content (AvgIpc) is 3.41. The van der Waals surface area contributed by atoms with Crippen LogP contribution in [0.1, 0.15) is 159 Å². The Kier molecular flexibility index (Phi) is 16.6. The van der Waals surface area contributed by atoms with Gasteiger partial charge in [-0.2, -0.15) is 0 Å². The van der Waals surface area contributed by atoms with E-state index in [1.807, 2.05) is 36.4 Å². The monoisotopic (exact) mass is 561 g/mol. The Morgan fingerprint density at radius 1 is 0.561 bits per heavy atom. The number of phenols is 1. The van der Waals surface area contributed by atoms with Gasteiger partial charge in [-0.3, -0.25) is 0 Å². The lowest BCUT2D eigenvalue weighted by molar-refractivity contribution is 0.466. The molecule has 2 aromatic carbocycles. The lowest BCUT2D eigenvalue weighted by Gasteiger charge is -2.10. The molecule has 0 saturated heterocycles. The maximum atomic E-state index is 10.7. The van der Waals surface area contributed by atoms with Crippen LogP contribution in [0.2, 0.25) is 0 Å². The van der Waals surface area contributed by atoms with E-state index >= 15 is 0 Å². The molecule has 0 aliphatic heterocycles. The van der Waals surface area contributed by atoms with Gasteiger partial charge in [-0.1, -0.05) is 154 Å². The molecule has 1 N–H and O–H groups in total. The molecule has 0 bridgehead atoms. The van der Waals surface area contributed by atoms with E-state index in [1.54, 1.807) is 4.80 Å². The van der Waals surface area contributed by atoms with Gasteiger partial charge in [0.05, 0.1) is 0 Å². The Morgan fingerprint density at radius 2 is 0.951 bits per heavy atom. The number of hydrogen-bond acceptors (Lipinski definition) is 3. The number of phenolic OH excluding ortho intramolecular Hbond substituents is 1. The second-order valence-electron chi connectivity index (χ2n) is 12.4. The van der Waals surface area contributed by atoms with Crippen LogP contribution in [0.5, 0.6) is 5.75 Å². The van der Waals surface area contributed by atoms with E-state index in [0.717, 1.165) is 17.5 Å². The van der Waals surface area contributed by atoms with Crippen LogP contribution in [-0.4, -0.2) is 20.1 Å². The van der Waals surface area contributed by atoms with Gasteiger partial charge in [-0.05, 0) is 55.2 Å². The van der Waals surface area contributed by atoms with Gasteiger partial charge in [-0.15, -0.1) is 15.0 Å². The zero-order chi connectivity index (χ0) is 29.0. The van der Waals surface area contributed by atoms with Crippen molar-refractivity contribution in [3.8, 4) is 11.4 Å². The molecule has 3 aromatic rings. The minimum absolute atomic E-state index is 0.254. The molecule has 0 unspecified atom stereocenters. The number of rotatable bonds is 24. The molecule has 0 aliphatic carbocycles. The molecule has 0 spiro atoms. The van der Waals surface area contributed by atoms with Gasteiger partial charge in [0.15, 0.2) is 0 Å². The lowest BCUT2D eigenvalue weighted by atomic mass is 9.99. The van der Waals surface area contributed by atoms with Crippen molar-refractivity contribution in [2.24, 2.45) is 0 Å². The van der Waals surface area contributed by atoms with Gasteiger partial charge in [-0.25, -0.2) is 0 Å². The quantitative estimate of drug-likeness (QED) is 0.111. The van der Waals surface area contributed by atoms with Gasteiger partial charge in [0.2, 0.25) is 0 Å². The number of nitrogens with zero attached hydrogens (tertiary/aromatic N) is 3. The summed E-state index contributed by atoms with van der Waals surface area (Å²) in [5, 5.41) is 19.7. The van der Waals surface area contributed by atoms with E-state index in [-0.39, 0.29) is 5.75 Å². The zero-order valence-electron chi connectivity index (χ0n) is 26.5. The number of aromatic nitrogens is 3. The third-order valence-corrected chi connectivity index (χ3v) is 8.73. The van der Waals surface area contributed by atoms with Crippen molar-refractivity contribution < 1.29 is 5.11 Å². The summed E-state index contributed by atoms with van der Waals surface area (Å²) in [4.78, 5) is 1.55. The van der Waals surface area contributed by atoms with Crippen LogP contribution >= 0.6 is 0 Å². The Bertz CT molecular complexity index is 1060. The van der Waals surface area contributed by atoms with Gasteiger partial charge in [0.1, 0.15) is 22.5 Å². The van der Waals surface area contributed by atoms with Crippen molar-refractivity contribution in [1.82, 2.24) is 15.0 Å². The number of benzene rings is 2. The topological polar surface area (TPSA) is 50.9 Å². The molecule has 0 aliphatic rings. The van der Waals surface area contributed by atoms with Crippen LogP contribution in [0.3, 0.4) is 0 Å². The van der Waals surface area contributed by atoms with Gasteiger partial charge < -0.3 is 5.11 Å². The van der Waals surface area contributed by atoms with E-state index in [1.165, 1.54) is 152 Å². The highest BCUT2D eigenvalue weighted by Crippen LogP contribution is 2.27. The standard InChI is InChI=1S/C37H59N3O/c1-3-4-5-6-7-8-9-10-11-12-13-14-15-16-17-18-19-20-21-22-23-24-27-33-31-37(41)36(30-32(33)2)40-38-34-28-25-26-29-35(34)39-40/h25-26,28-31,41H,3-24,27H2,1-2H3. The molecular formula is C37H59N3O. The summed E-state index contributed by atoms with van der Waals surface area (Å²) < 4.78 is 0. The van der Waals surface area contributed by atoms with Crippen LogP contribution in [-0.2, 0) is 6.42 Å². The summed E-state index contributed by atoms with van der Waals surface area (Å²) in [7, 11) is 0. The first-order chi connectivity index (χ1) is 20.2. The van der Waals surface area contributed by atoms with Gasteiger partial charge >= 0.3 is 0 Å². The molecule has 1 heterocycles. The van der Waals surface area contributed by atoms with E-state index in [4.69, 9.17) is 0 Å². The minimum atomic E-state index is 0.254. The molecule has 0 fully saturated rings. The van der Waals surface area contributed by atoms with Crippen LogP contribution in [0, 0.1) is 6.92 Å². The molecule has 0 amide bonds. The van der Waals surface area contributed by atoms with E-state index < -0.39 is 0 Å². The Balaban J connectivity index is 1.12. The van der Waals surface area contributed by atoms with Gasteiger partial charge in [0.25, 0.3) is 0 Å². The fourth-order valence-electron chi connectivity index (χ4n) is 6.05. The first-order valence-electron chi connectivity index (χ1n) is 17.3. The molecule has 0 saturated carbocycles. The molecule has 3 rings (SSSR count). The van der Waals surface area contributed by atoms with Crippen LogP contribution in [0.15, 0.2) is 36.4 Å². The Morgan fingerprint density at radius 3 is 1.37 bits per heavy atom. The number of aryl methyl sites for hydroxylation is 2. The Hall–Kier alpha value is -2.36. The molecule has 41 heavy (non-hydrogen) atoms. The van der Waals surface area contributed by atoms with Crippen LogP contribution < -0.4 is 0 Å². The summed E-state index contributed by atoms with van der Waals surface area (Å²) in [6, 6.07) is 11.7. The van der Waals surface area contributed by atoms with Crippen molar-refractivity contribution in [2.75, 3.05) is 0 Å². The largest absolute Gasteiger partial charge is 0.506 e. The van der Waals surface area contributed by atoms with E-state index in [2.05, 4.69) is 24.0 Å². The maximum Gasteiger partial charge on any atom is 0.143 e. The number of hydrogen-bond donors (Lipinski definition) is 1. The number of unbranched alkanes of at least 4 members (excludes halogenated alkanes) is 21. The SMILES string of the molecule is CCCCCCCCCCCCCCCCCCCCCCCCc1cc(O)c(-n2nc3ccccc3n2)cc1C. The highest BCUT2D eigenvalue weighted by Gasteiger charge is 2.12. The van der Waals surface area contributed by atoms with E-state index in [9.17, 15) is 5.11 Å². The maximum absolute atomic E-state index is 10.7. The summed E-state index contributed by atoms with van der Waals surface area (Å²) in [6.07, 6.45) is 32.1. The van der Waals surface area contributed by atoms with Crippen molar-refractivity contribution in [3.63, 3.8) is 0 Å². The van der Waals surface area contributed by atoms with E-state index in [0.29, 0.717) is 5.69 Å². The summed E-state index contributed by atoms with van der Waals surface area (Å²) in [5.74, 6) is 0.254. The summed E-state index contributed by atoms with van der Waals surface area (Å²) in [5.41, 5.74) is 4.75. The van der Waals surface area contributed by atoms with Crippen molar-refractivity contribution >= 4 is 11.0 Å². The zero-order valence-corrected chi connectivity index (χ0v) is 26.5. The molecule has 4 heteroatoms. The third-order valence-electron chi connectivity index (χ3n) is 8.73. The summed E-state index contributed by atoms with van der Waals surface area (Å²) in [6.45, 7) is 4.42. The lowest BCUT2D eigenvalue weighted by Crippen LogP contribution is -2.01. The average molecular weight is 562 g/mol. The highest BCUT2D eigenvalue weighted by atomic mass is 16.3. The predicted molar refractivity (Wildman–Crippen MR) is 176 cm³/mol. The number of aromatic hydroxyl groups is 1. The molecule has 0 radical (unpaired) electrons. The van der Waals surface area contributed by atoms with Crippen molar-refractivity contribution in [2.45, 2.75) is 162 Å². The second kappa shape index (κ2) is 20.5. The fourth-order valence-corrected chi connectivity index (χ4v) is 6.05. The molecule has 1 aromatic heterocycles. The highest BCUT2D eigenvalue weighted by molar-refractivity contribution is 5.73. The normalized spacial score (nSPS) is 11.6. The van der Waals surface area contributed by atoms with Crippen molar-refractivity contribution in [3.05, 3.63) is 47.5 Å². The smallest absolute Gasteiger partial charge is 0.143 e. The Labute approximate surface area is 251 Å². The van der Waals surface area contributed by atoms with Crippen LogP contribution in [0.4, 0.5) is 0 Å². The molecule has 228 valence electrons. The first kappa shape index (κ1) is 33.1. The molecule has 4 nitrogen and oxygen atoms in total. The minimum Gasteiger partial charge on any atom is -0.506 e. The fraction of sp³-hybridized carbons (Fsp3) is 0.676. The molecular weight excluding hydrogens is 502 g/mol. The number of fused-ring (bicyclic) bond motifs is 1. The van der Waals surface area contributed by atoms with Crippen LogP contribution in [0.25, 0.3) is 16.7 Å². The first-order valence-corrected chi connectivity index (χ1v) is 17.3.